The number of hydrogen-bond acceptors (Lipinski definition) is 5. The SMILES string of the molecule is CO[C@@H]1O[C@@H]2CO[C@H](c3ccccc3)O[C@H]2C[C@@H]1O. The largest absolute Gasteiger partial charge is 0.388 e. The molecule has 5 atom stereocenters. The van der Waals surface area contributed by atoms with Gasteiger partial charge in [0.15, 0.2) is 12.6 Å². The van der Waals surface area contributed by atoms with Crippen LogP contribution in [-0.2, 0) is 18.9 Å². The smallest absolute Gasteiger partial charge is 0.184 e. The molecule has 2 aliphatic heterocycles. The standard InChI is InChI=1S/C14H18O5/c1-16-14-10(15)7-11-12(19-14)8-17-13(18-11)9-5-3-2-4-6-9/h2-6,10-15H,7-8H2,1H3/t10-,11-,12+,13-,14+/m0/s1. The zero-order valence-corrected chi connectivity index (χ0v) is 10.8. The molecule has 0 aromatic heterocycles. The highest BCUT2D eigenvalue weighted by Crippen LogP contribution is 2.33. The summed E-state index contributed by atoms with van der Waals surface area (Å²) in [4.78, 5) is 0. The summed E-state index contributed by atoms with van der Waals surface area (Å²) in [6.07, 6.45) is -1.51. The lowest BCUT2D eigenvalue weighted by atomic mass is 10.0. The van der Waals surface area contributed by atoms with Gasteiger partial charge in [-0.2, -0.15) is 0 Å². The molecule has 0 bridgehead atoms. The highest BCUT2D eigenvalue weighted by atomic mass is 16.7. The van der Waals surface area contributed by atoms with E-state index in [1.54, 1.807) is 0 Å². The van der Waals surface area contributed by atoms with Gasteiger partial charge in [0.2, 0.25) is 0 Å². The number of aliphatic hydroxyl groups is 1. The average Bonchev–Trinajstić information content (AvgIpc) is 2.47. The lowest BCUT2D eigenvalue weighted by Crippen LogP contribution is -2.53. The molecule has 104 valence electrons. The Morgan fingerprint density at radius 2 is 1.95 bits per heavy atom. The fraction of sp³-hybridized carbons (Fsp3) is 0.571. The van der Waals surface area contributed by atoms with Crippen molar-refractivity contribution in [2.75, 3.05) is 13.7 Å². The normalized spacial score (nSPS) is 38.7. The molecule has 0 aliphatic carbocycles. The average molecular weight is 266 g/mol. The quantitative estimate of drug-likeness (QED) is 0.872. The van der Waals surface area contributed by atoms with Gasteiger partial charge < -0.3 is 24.1 Å². The second-order valence-corrected chi connectivity index (χ2v) is 4.83. The Kier molecular flexibility index (Phi) is 3.81. The highest BCUT2D eigenvalue weighted by Gasteiger charge is 2.42. The second kappa shape index (κ2) is 5.56. The fourth-order valence-corrected chi connectivity index (χ4v) is 2.52. The Balaban J connectivity index is 1.68. The van der Waals surface area contributed by atoms with Crippen molar-refractivity contribution in [1.29, 1.82) is 0 Å². The van der Waals surface area contributed by atoms with Crippen molar-refractivity contribution < 1.29 is 24.1 Å². The van der Waals surface area contributed by atoms with Gasteiger partial charge in [-0.15, -0.1) is 0 Å². The van der Waals surface area contributed by atoms with E-state index in [1.165, 1.54) is 7.11 Å². The van der Waals surface area contributed by atoms with Crippen molar-refractivity contribution in [3.63, 3.8) is 0 Å². The number of fused-ring (bicyclic) bond motifs is 1. The van der Waals surface area contributed by atoms with Crippen LogP contribution in [0.4, 0.5) is 0 Å². The van der Waals surface area contributed by atoms with Crippen LogP contribution in [0.25, 0.3) is 0 Å². The molecule has 1 aromatic rings. The zero-order chi connectivity index (χ0) is 13.2. The molecule has 5 nitrogen and oxygen atoms in total. The van der Waals surface area contributed by atoms with E-state index >= 15 is 0 Å². The third kappa shape index (κ3) is 2.66. The van der Waals surface area contributed by atoms with E-state index in [-0.39, 0.29) is 12.2 Å². The van der Waals surface area contributed by atoms with E-state index in [0.29, 0.717) is 13.0 Å². The van der Waals surface area contributed by atoms with Crippen molar-refractivity contribution in [3.8, 4) is 0 Å². The van der Waals surface area contributed by atoms with Crippen LogP contribution in [0.3, 0.4) is 0 Å². The molecule has 0 unspecified atom stereocenters. The van der Waals surface area contributed by atoms with Gasteiger partial charge in [0, 0.05) is 19.1 Å². The third-order valence-corrected chi connectivity index (χ3v) is 3.53. The van der Waals surface area contributed by atoms with Crippen LogP contribution < -0.4 is 0 Å². The topological polar surface area (TPSA) is 57.2 Å². The summed E-state index contributed by atoms with van der Waals surface area (Å²) < 4.78 is 22.2. The van der Waals surface area contributed by atoms with E-state index in [4.69, 9.17) is 18.9 Å². The molecular weight excluding hydrogens is 248 g/mol. The van der Waals surface area contributed by atoms with Crippen molar-refractivity contribution in [3.05, 3.63) is 35.9 Å². The van der Waals surface area contributed by atoms with Gasteiger partial charge in [-0.05, 0) is 0 Å². The van der Waals surface area contributed by atoms with Crippen LogP contribution in [0.15, 0.2) is 30.3 Å². The van der Waals surface area contributed by atoms with Crippen molar-refractivity contribution in [1.82, 2.24) is 0 Å². The van der Waals surface area contributed by atoms with Crippen molar-refractivity contribution >= 4 is 0 Å². The minimum absolute atomic E-state index is 0.166. The maximum atomic E-state index is 9.89. The Labute approximate surface area is 112 Å². The van der Waals surface area contributed by atoms with Crippen LogP contribution in [0.1, 0.15) is 18.3 Å². The number of aliphatic hydroxyl groups excluding tert-OH is 1. The molecule has 1 aromatic carbocycles. The van der Waals surface area contributed by atoms with Gasteiger partial charge in [-0.1, -0.05) is 30.3 Å². The number of rotatable bonds is 2. The first-order valence-corrected chi connectivity index (χ1v) is 6.46. The maximum absolute atomic E-state index is 9.89. The number of benzene rings is 1. The van der Waals surface area contributed by atoms with Crippen LogP contribution in [0, 0.1) is 0 Å². The summed E-state index contributed by atoms with van der Waals surface area (Å²) in [5.74, 6) is 0. The Morgan fingerprint density at radius 1 is 1.16 bits per heavy atom. The lowest BCUT2D eigenvalue weighted by molar-refractivity contribution is -0.333. The number of ether oxygens (including phenoxy) is 4. The van der Waals surface area contributed by atoms with Gasteiger partial charge in [0.25, 0.3) is 0 Å². The van der Waals surface area contributed by atoms with Crippen LogP contribution in [0.2, 0.25) is 0 Å². The van der Waals surface area contributed by atoms with Crippen molar-refractivity contribution in [2.24, 2.45) is 0 Å². The summed E-state index contributed by atoms with van der Waals surface area (Å²) >= 11 is 0. The number of hydrogen-bond donors (Lipinski definition) is 1. The minimum Gasteiger partial charge on any atom is -0.388 e. The van der Waals surface area contributed by atoms with Gasteiger partial charge in [-0.3, -0.25) is 0 Å². The monoisotopic (exact) mass is 266 g/mol. The van der Waals surface area contributed by atoms with E-state index < -0.39 is 18.7 Å². The van der Waals surface area contributed by atoms with Gasteiger partial charge >= 0.3 is 0 Å². The summed E-state index contributed by atoms with van der Waals surface area (Å²) in [7, 11) is 1.52. The molecule has 2 fully saturated rings. The molecule has 0 radical (unpaired) electrons. The molecule has 0 saturated carbocycles. The second-order valence-electron chi connectivity index (χ2n) is 4.83. The third-order valence-electron chi connectivity index (χ3n) is 3.53. The lowest BCUT2D eigenvalue weighted by Gasteiger charge is -2.43. The van der Waals surface area contributed by atoms with Crippen LogP contribution in [-0.4, -0.2) is 43.4 Å². The van der Waals surface area contributed by atoms with Crippen molar-refractivity contribution in [2.45, 2.75) is 37.3 Å². The fourth-order valence-electron chi connectivity index (χ4n) is 2.52. The minimum atomic E-state index is -0.666. The first-order chi connectivity index (χ1) is 9.28. The van der Waals surface area contributed by atoms with Gasteiger partial charge in [0.05, 0.1) is 12.7 Å². The first kappa shape index (κ1) is 13.0. The molecule has 3 rings (SSSR count). The van der Waals surface area contributed by atoms with Gasteiger partial charge in [0.1, 0.15) is 12.2 Å². The summed E-state index contributed by atoms with van der Waals surface area (Å²) in [5, 5.41) is 9.89. The Hall–Kier alpha value is -0.980. The molecule has 5 heteroatoms. The molecule has 0 amide bonds. The molecule has 19 heavy (non-hydrogen) atoms. The summed E-state index contributed by atoms with van der Waals surface area (Å²) in [6.45, 7) is 0.441. The van der Waals surface area contributed by atoms with E-state index in [0.717, 1.165) is 5.56 Å². The zero-order valence-electron chi connectivity index (χ0n) is 10.8. The summed E-state index contributed by atoms with van der Waals surface area (Å²) in [6, 6.07) is 9.76. The number of methoxy groups -OCH3 is 1. The van der Waals surface area contributed by atoms with Crippen LogP contribution >= 0.6 is 0 Å². The van der Waals surface area contributed by atoms with E-state index in [9.17, 15) is 5.11 Å². The van der Waals surface area contributed by atoms with E-state index in [2.05, 4.69) is 0 Å². The van der Waals surface area contributed by atoms with E-state index in [1.807, 2.05) is 30.3 Å². The molecule has 0 spiro atoms. The predicted octanol–water partition coefficient (Wildman–Crippen LogP) is 1.22. The summed E-state index contributed by atoms with van der Waals surface area (Å²) in [5.41, 5.74) is 0.976. The predicted molar refractivity (Wildman–Crippen MR) is 66.3 cm³/mol. The Morgan fingerprint density at radius 3 is 2.68 bits per heavy atom. The Bertz CT molecular complexity index is 410. The molecular formula is C14H18O5. The van der Waals surface area contributed by atoms with Gasteiger partial charge in [-0.25, -0.2) is 0 Å². The molecule has 1 N–H and O–H groups in total. The first-order valence-electron chi connectivity index (χ1n) is 6.46. The molecule has 2 heterocycles. The van der Waals surface area contributed by atoms with Crippen LogP contribution in [0.5, 0.6) is 0 Å². The highest BCUT2D eigenvalue weighted by molar-refractivity contribution is 5.16. The maximum Gasteiger partial charge on any atom is 0.184 e. The molecule has 2 aliphatic rings. The molecule has 2 saturated heterocycles.